The monoisotopic (exact) mass is 430 g/mol. The van der Waals surface area contributed by atoms with Crippen molar-refractivity contribution >= 4 is 38.3 Å². The van der Waals surface area contributed by atoms with Gasteiger partial charge in [0.2, 0.25) is 0 Å². The summed E-state index contributed by atoms with van der Waals surface area (Å²) in [5.74, 6) is 1.22. The Labute approximate surface area is 163 Å². The van der Waals surface area contributed by atoms with Gasteiger partial charge >= 0.3 is 0 Å². The summed E-state index contributed by atoms with van der Waals surface area (Å²) in [6.07, 6.45) is 0.773. The SMILES string of the molecule is COc1cccc(C(=O)Nc2nc3c(s2)Cc2c(Br)ccc(OC)c2-3)c1. The molecule has 0 radical (unpaired) electrons. The van der Waals surface area contributed by atoms with Gasteiger partial charge in [-0.15, -0.1) is 11.3 Å². The summed E-state index contributed by atoms with van der Waals surface area (Å²) in [5, 5.41) is 3.46. The number of rotatable bonds is 4. The van der Waals surface area contributed by atoms with Crippen LogP contribution in [0.4, 0.5) is 5.13 Å². The van der Waals surface area contributed by atoms with Crippen molar-refractivity contribution in [3.63, 3.8) is 0 Å². The number of hydrogen-bond acceptors (Lipinski definition) is 5. The second-order valence-corrected chi connectivity index (χ2v) is 7.69. The highest BCUT2D eigenvalue weighted by molar-refractivity contribution is 9.10. The molecule has 1 aromatic heterocycles. The van der Waals surface area contributed by atoms with Gasteiger partial charge in [0.05, 0.1) is 19.9 Å². The molecular weight excluding hydrogens is 416 g/mol. The number of benzene rings is 2. The van der Waals surface area contributed by atoms with Gasteiger partial charge in [-0.05, 0) is 35.9 Å². The number of carbonyl (C=O) groups excluding carboxylic acids is 1. The van der Waals surface area contributed by atoms with E-state index in [1.807, 2.05) is 12.1 Å². The third-order valence-electron chi connectivity index (χ3n) is 4.26. The molecule has 1 amide bonds. The summed E-state index contributed by atoms with van der Waals surface area (Å²) in [7, 11) is 3.23. The van der Waals surface area contributed by atoms with E-state index in [4.69, 9.17) is 9.47 Å². The number of fused-ring (bicyclic) bond motifs is 3. The third kappa shape index (κ3) is 2.87. The molecule has 1 aliphatic carbocycles. The molecule has 7 heteroatoms. The van der Waals surface area contributed by atoms with Gasteiger partial charge in [0.15, 0.2) is 5.13 Å². The van der Waals surface area contributed by atoms with Crippen molar-refractivity contribution in [3.8, 4) is 22.8 Å². The van der Waals surface area contributed by atoms with E-state index in [2.05, 4.69) is 26.2 Å². The fraction of sp³-hybridized carbons (Fsp3) is 0.158. The van der Waals surface area contributed by atoms with Crippen molar-refractivity contribution < 1.29 is 14.3 Å². The molecule has 0 saturated heterocycles. The summed E-state index contributed by atoms with van der Waals surface area (Å²) < 4.78 is 11.7. The van der Waals surface area contributed by atoms with Gasteiger partial charge in [0.25, 0.3) is 5.91 Å². The summed E-state index contributed by atoms with van der Waals surface area (Å²) >= 11 is 5.09. The Bertz CT molecular complexity index is 1020. The second kappa shape index (κ2) is 6.74. The van der Waals surface area contributed by atoms with E-state index < -0.39 is 0 Å². The smallest absolute Gasteiger partial charge is 0.257 e. The van der Waals surface area contributed by atoms with Crippen molar-refractivity contribution in [1.29, 1.82) is 0 Å². The second-order valence-electron chi connectivity index (χ2n) is 5.76. The maximum Gasteiger partial charge on any atom is 0.257 e. The van der Waals surface area contributed by atoms with Crippen LogP contribution >= 0.6 is 27.3 Å². The van der Waals surface area contributed by atoms with Crippen LogP contribution in [0.15, 0.2) is 40.9 Å². The minimum Gasteiger partial charge on any atom is -0.497 e. The van der Waals surface area contributed by atoms with Crippen LogP contribution in [-0.2, 0) is 6.42 Å². The van der Waals surface area contributed by atoms with Gasteiger partial charge in [0, 0.05) is 26.9 Å². The number of amides is 1. The van der Waals surface area contributed by atoms with E-state index in [-0.39, 0.29) is 5.91 Å². The fourth-order valence-electron chi connectivity index (χ4n) is 3.02. The Hall–Kier alpha value is -2.38. The lowest BCUT2D eigenvalue weighted by atomic mass is 10.1. The van der Waals surface area contributed by atoms with Crippen molar-refractivity contribution in [1.82, 2.24) is 4.98 Å². The molecule has 0 aliphatic heterocycles. The molecule has 4 rings (SSSR count). The third-order valence-corrected chi connectivity index (χ3v) is 5.98. The number of methoxy groups -OCH3 is 2. The maximum absolute atomic E-state index is 12.5. The van der Waals surface area contributed by atoms with Crippen LogP contribution < -0.4 is 14.8 Å². The number of nitrogens with one attached hydrogen (secondary N) is 1. The first-order valence-electron chi connectivity index (χ1n) is 7.91. The zero-order chi connectivity index (χ0) is 18.3. The number of ether oxygens (including phenoxy) is 2. The van der Waals surface area contributed by atoms with Crippen molar-refractivity contribution in [3.05, 3.63) is 56.9 Å². The van der Waals surface area contributed by atoms with Crippen LogP contribution in [0, 0.1) is 0 Å². The van der Waals surface area contributed by atoms with Gasteiger partial charge in [0.1, 0.15) is 11.5 Å². The van der Waals surface area contributed by atoms with E-state index in [9.17, 15) is 4.79 Å². The van der Waals surface area contributed by atoms with E-state index in [1.54, 1.807) is 38.5 Å². The molecule has 0 bridgehead atoms. The Morgan fingerprint density at radius 2 is 2.08 bits per heavy atom. The van der Waals surface area contributed by atoms with E-state index in [1.165, 1.54) is 16.9 Å². The first-order chi connectivity index (χ1) is 12.6. The van der Waals surface area contributed by atoms with E-state index in [0.717, 1.165) is 32.8 Å². The van der Waals surface area contributed by atoms with Crippen LogP contribution in [-0.4, -0.2) is 25.1 Å². The number of halogens is 1. The highest BCUT2D eigenvalue weighted by Crippen LogP contribution is 2.48. The maximum atomic E-state index is 12.5. The number of anilines is 1. The van der Waals surface area contributed by atoms with Crippen LogP contribution in [0.25, 0.3) is 11.3 Å². The number of carbonyl (C=O) groups is 1. The lowest BCUT2D eigenvalue weighted by Gasteiger charge is -2.09. The normalized spacial score (nSPS) is 11.7. The van der Waals surface area contributed by atoms with Gasteiger partial charge in [-0.3, -0.25) is 10.1 Å². The van der Waals surface area contributed by atoms with Crippen LogP contribution in [0.3, 0.4) is 0 Å². The lowest BCUT2D eigenvalue weighted by molar-refractivity contribution is 0.102. The summed E-state index contributed by atoms with van der Waals surface area (Å²) in [6.45, 7) is 0. The van der Waals surface area contributed by atoms with Crippen LogP contribution in [0.5, 0.6) is 11.5 Å². The number of thiazole rings is 1. The number of aromatic nitrogens is 1. The molecule has 2 aromatic carbocycles. The van der Waals surface area contributed by atoms with Crippen LogP contribution in [0.1, 0.15) is 20.8 Å². The van der Waals surface area contributed by atoms with Crippen molar-refractivity contribution in [2.24, 2.45) is 0 Å². The molecule has 0 fully saturated rings. The molecule has 1 heterocycles. The lowest BCUT2D eigenvalue weighted by Crippen LogP contribution is -2.11. The Balaban J connectivity index is 1.64. The van der Waals surface area contributed by atoms with E-state index in [0.29, 0.717) is 16.4 Å². The molecule has 3 aromatic rings. The largest absolute Gasteiger partial charge is 0.497 e. The molecule has 26 heavy (non-hydrogen) atoms. The highest BCUT2D eigenvalue weighted by atomic mass is 79.9. The molecule has 1 aliphatic rings. The van der Waals surface area contributed by atoms with Crippen molar-refractivity contribution in [2.45, 2.75) is 6.42 Å². The molecule has 0 unspecified atom stereocenters. The fourth-order valence-corrected chi connectivity index (χ4v) is 4.46. The highest BCUT2D eigenvalue weighted by Gasteiger charge is 2.29. The van der Waals surface area contributed by atoms with Gasteiger partial charge in [-0.25, -0.2) is 4.98 Å². The van der Waals surface area contributed by atoms with Gasteiger partial charge in [-0.2, -0.15) is 0 Å². The van der Waals surface area contributed by atoms with Crippen LogP contribution in [0.2, 0.25) is 0 Å². The molecule has 0 saturated carbocycles. The molecular formula is C19H15BrN2O3S. The van der Waals surface area contributed by atoms with Crippen molar-refractivity contribution in [2.75, 3.05) is 19.5 Å². The molecule has 0 atom stereocenters. The summed E-state index contributed by atoms with van der Waals surface area (Å²) in [6, 6.07) is 10.9. The van der Waals surface area contributed by atoms with E-state index >= 15 is 0 Å². The van der Waals surface area contributed by atoms with Gasteiger partial charge in [-0.1, -0.05) is 22.0 Å². The standard InChI is InChI=1S/C19H15BrN2O3S/c1-24-11-5-3-4-10(8-11)18(23)22-19-21-17-15(26-19)9-12-13(20)6-7-14(25-2)16(12)17/h3-8H,9H2,1-2H3,(H,21,22,23). The number of hydrogen-bond donors (Lipinski definition) is 1. The zero-order valence-electron chi connectivity index (χ0n) is 14.1. The minimum atomic E-state index is -0.210. The molecule has 132 valence electrons. The average Bonchev–Trinajstić information content (AvgIpc) is 3.20. The average molecular weight is 431 g/mol. The topological polar surface area (TPSA) is 60.5 Å². The molecule has 5 nitrogen and oxygen atoms in total. The minimum absolute atomic E-state index is 0.210. The summed E-state index contributed by atoms with van der Waals surface area (Å²) in [4.78, 5) is 18.3. The number of nitrogens with zero attached hydrogens (tertiary/aromatic N) is 1. The predicted molar refractivity (Wildman–Crippen MR) is 106 cm³/mol. The first-order valence-corrected chi connectivity index (χ1v) is 9.52. The molecule has 0 spiro atoms. The zero-order valence-corrected chi connectivity index (χ0v) is 16.5. The van der Waals surface area contributed by atoms with Gasteiger partial charge < -0.3 is 9.47 Å². The Morgan fingerprint density at radius 1 is 1.23 bits per heavy atom. The quantitative estimate of drug-likeness (QED) is 0.507. The molecule has 1 N–H and O–H groups in total. The Kier molecular flexibility index (Phi) is 4.42. The first kappa shape index (κ1) is 17.1. The predicted octanol–water partition coefficient (Wildman–Crippen LogP) is 4.75. The Morgan fingerprint density at radius 3 is 2.85 bits per heavy atom. The summed E-state index contributed by atoms with van der Waals surface area (Å²) in [5.41, 5.74) is 3.57.